The molecular weight excluding hydrogens is 414 g/mol. The molecule has 3 aromatic rings. The molecule has 0 saturated carbocycles. The van der Waals surface area contributed by atoms with Gasteiger partial charge >= 0.3 is 0 Å². The number of anilines is 3. The first kappa shape index (κ1) is 20.4. The lowest BCUT2D eigenvalue weighted by atomic mass is 10.0. The number of carbonyl (C=O) groups excluding carboxylic acids is 3. The summed E-state index contributed by atoms with van der Waals surface area (Å²) in [5.74, 6) is -1.09. The standard InChI is InChI=1S/C24H18ClN3O3/c1-15(29)26-18-10-12-19(13-11-18)27-22-21(16-6-3-2-4-7-16)23(30)28(24(22)31)20-9-5-8-17(25)14-20/h2-14,27H,1H3,(H,26,29). The predicted molar refractivity (Wildman–Crippen MR) is 122 cm³/mol. The maximum atomic E-state index is 13.3. The van der Waals surface area contributed by atoms with E-state index in [-0.39, 0.29) is 17.2 Å². The summed E-state index contributed by atoms with van der Waals surface area (Å²) in [5.41, 5.74) is 2.70. The third-order valence-corrected chi connectivity index (χ3v) is 4.92. The van der Waals surface area contributed by atoms with Gasteiger partial charge in [-0.3, -0.25) is 14.4 Å². The number of nitrogens with one attached hydrogen (secondary N) is 2. The predicted octanol–water partition coefficient (Wildman–Crippen LogP) is 4.70. The molecule has 1 heterocycles. The summed E-state index contributed by atoms with van der Waals surface area (Å²) >= 11 is 6.08. The average molecular weight is 432 g/mol. The molecule has 0 bridgehead atoms. The second-order valence-electron chi connectivity index (χ2n) is 6.93. The maximum Gasteiger partial charge on any atom is 0.282 e. The SMILES string of the molecule is CC(=O)Nc1ccc(NC2=C(c3ccccc3)C(=O)N(c3cccc(Cl)c3)C2=O)cc1. The number of hydrogen-bond acceptors (Lipinski definition) is 4. The molecule has 0 fully saturated rings. The zero-order valence-electron chi connectivity index (χ0n) is 16.6. The third-order valence-electron chi connectivity index (χ3n) is 4.69. The second-order valence-corrected chi connectivity index (χ2v) is 7.36. The molecule has 0 saturated heterocycles. The van der Waals surface area contributed by atoms with Crippen molar-refractivity contribution in [2.24, 2.45) is 0 Å². The summed E-state index contributed by atoms with van der Waals surface area (Å²) in [6.07, 6.45) is 0. The molecule has 0 atom stereocenters. The number of amides is 3. The summed E-state index contributed by atoms with van der Waals surface area (Å²) < 4.78 is 0. The molecule has 1 aliphatic rings. The molecule has 2 N–H and O–H groups in total. The molecule has 7 heteroatoms. The molecule has 6 nitrogen and oxygen atoms in total. The van der Waals surface area contributed by atoms with Gasteiger partial charge in [0.1, 0.15) is 5.70 Å². The lowest BCUT2D eigenvalue weighted by molar-refractivity contribution is -0.120. The number of rotatable bonds is 5. The molecule has 0 aromatic heterocycles. The summed E-state index contributed by atoms with van der Waals surface area (Å²) in [4.78, 5) is 39.0. The van der Waals surface area contributed by atoms with Crippen LogP contribution in [-0.2, 0) is 14.4 Å². The van der Waals surface area contributed by atoms with Gasteiger partial charge in [0.15, 0.2) is 0 Å². The van der Waals surface area contributed by atoms with Crippen LogP contribution in [0.4, 0.5) is 17.1 Å². The van der Waals surface area contributed by atoms with E-state index in [1.807, 2.05) is 18.2 Å². The molecule has 31 heavy (non-hydrogen) atoms. The van der Waals surface area contributed by atoms with Gasteiger partial charge in [-0.2, -0.15) is 0 Å². The van der Waals surface area contributed by atoms with Crippen molar-refractivity contribution in [3.63, 3.8) is 0 Å². The molecule has 1 aliphatic heterocycles. The van der Waals surface area contributed by atoms with Gasteiger partial charge in [0, 0.05) is 23.3 Å². The van der Waals surface area contributed by atoms with Crippen molar-refractivity contribution in [3.8, 4) is 0 Å². The minimum absolute atomic E-state index is 0.170. The van der Waals surface area contributed by atoms with E-state index in [0.29, 0.717) is 27.6 Å². The first-order valence-electron chi connectivity index (χ1n) is 9.53. The van der Waals surface area contributed by atoms with E-state index >= 15 is 0 Å². The van der Waals surface area contributed by atoms with Gasteiger partial charge in [0.2, 0.25) is 5.91 Å². The van der Waals surface area contributed by atoms with Crippen LogP contribution in [0.15, 0.2) is 84.6 Å². The Bertz CT molecular complexity index is 1200. The molecule has 0 spiro atoms. The number of benzene rings is 3. The van der Waals surface area contributed by atoms with E-state index in [4.69, 9.17) is 11.6 Å². The van der Waals surface area contributed by atoms with Gasteiger partial charge in [-0.1, -0.05) is 48.0 Å². The average Bonchev–Trinajstić information content (AvgIpc) is 2.99. The highest BCUT2D eigenvalue weighted by Crippen LogP contribution is 2.34. The summed E-state index contributed by atoms with van der Waals surface area (Å²) in [6, 6.07) is 22.5. The largest absolute Gasteiger partial charge is 0.350 e. The Balaban J connectivity index is 1.74. The number of hydrogen-bond donors (Lipinski definition) is 2. The maximum absolute atomic E-state index is 13.3. The van der Waals surface area contributed by atoms with Gasteiger partial charge in [-0.15, -0.1) is 0 Å². The molecule has 0 aliphatic carbocycles. The Labute approximate surface area is 184 Å². The van der Waals surface area contributed by atoms with Gasteiger partial charge in [-0.25, -0.2) is 4.90 Å². The number of carbonyl (C=O) groups is 3. The molecule has 3 amide bonds. The minimum Gasteiger partial charge on any atom is -0.350 e. The first-order chi connectivity index (χ1) is 14.9. The topological polar surface area (TPSA) is 78.5 Å². The Hall–Kier alpha value is -3.90. The van der Waals surface area contributed by atoms with Gasteiger partial charge < -0.3 is 10.6 Å². The molecule has 154 valence electrons. The van der Waals surface area contributed by atoms with E-state index in [1.165, 1.54) is 6.92 Å². The third kappa shape index (κ3) is 4.20. The van der Waals surface area contributed by atoms with Crippen LogP contribution in [0, 0.1) is 0 Å². The monoisotopic (exact) mass is 431 g/mol. The Kier molecular flexibility index (Phi) is 5.56. The van der Waals surface area contributed by atoms with Gasteiger partial charge in [-0.05, 0) is 48.0 Å². The lowest BCUT2D eigenvalue weighted by Crippen LogP contribution is -2.32. The highest BCUT2D eigenvalue weighted by atomic mass is 35.5. The fourth-order valence-corrected chi connectivity index (χ4v) is 3.54. The van der Waals surface area contributed by atoms with Crippen LogP contribution in [-0.4, -0.2) is 17.7 Å². The number of halogens is 1. The van der Waals surface area contributed by atoms with Gasteiger partial charge in [0.05, 0.1) is 11.3 Å². The van der Waals surface area contributed by atoms with Crippen LogP contribution in [0.1, 0.15) is 12.5 Å². The van der Waals surface area contributed by atoms with E-state index in [2.05, 4.69) is 10.6 Å². The Morgan fingerprint density at radius 1 is 0.839 bits per heavy atom. The smallest absolute Gasteiger partial charge is 0.282 e. The number of imide groups is 1. The summed E-state index contributed by atoms with van der Waals surface area (Å²) in [6.45, 7) is 1.43. The lowest BCUT2D eigenvalue weighted by Gasteiger charge is -2.15. The van der Waals surface area contributed by atoms with E-state index in [0.717, 1.165) is 4.90 Å². The van der Waals surface area contributed by atoms with Gasteiger partial charge in [0.25, 0.3) is 11.8 Å². The molecule has 3 aromatic carbocycles. The molecule has 4 rings (SSSR count). The van der Waals surface area contributed by atoms with Crippen molar-refractivity contribution in [1.29, 1.82) is 0 Å². The number of nitrogens with zero attached hydrogens (tertiary/aromatic N) is 1. The van der Waals surface area contributed by atoms with Crippen LogP contribution in [0.3, 0.4) is 0 Å². The quantitative estimate of drug-likeness (QED) is 0.574. The van der Waals surface area contributed by atoms with Crippen molar-refractivity contribution >= 4 is 52.0 Å². The van der Waals surface area contributed by atoms with Crippen LogP contribution in [0.25, 0.3) is 5.57 Å². The highest BCUT2D eigenvalue weighted by Gasteiger charge is 2.40. The molecule has 0 radical (unpaired) electrons. The molecular formula is C24H18ClN3O3. The first-order valence-corrected chi connectivity index (χ1v) is 9.90. The van der Waals surface area contributed by atoms with E-state index < -0.39 is 11.8 Å². The van der Waals surface area contributed by atoms with Crippen LogP contribution >= 0.6 is 11.6 Å². The van der Waals surface area contributed by atoms with E-state index in [9.17, 15) is 14.4 Å². The van der Waals surface area contributed by atoms with Crippen molar-refractivity contribution in [2.45, 2.75) is 6.92 Å². The Morgan fingerprint density at radius 2 is 1.52 bits per heavy atom. The zero-order valence-corrected chi connectivity index (χ0v) is 17.3. The Morgan fingerprint density at radius 3 is 2.16 bits per heavy atom. The van der Waals surface area contributed by atoms with Crippen LogP contribution in [0.5, 0.6) is 0 Å². The normalized spacial score (nSPS) is 13.5. The second kappa shape index (κ2) is 8.45. The van der Waals surface area contributed by atoms with Crippen LogP contribution in [0.2, 0.25) is 5.02 Å². The molecule has 0 unspecified atom stereocenters. The fraction of sp³-hybridized carbons (Fsp3) is 0.0417. The fourth-order valence-electron chi connectivity index (χ4n) is 3.35. The highest BCUT2D eigenvalue weighted by molar-refractivity contribution is 6.46. The summed E-state index contributed by atoms with van der Waals surface area (Å²) in [7, 11) is 0. The van der Waals surface area contributed by atoms with Crippen molar-refractivity contribution in [1.82, 2.24) is 0 Å². The van der Waals surface area contributed by atoms with Crippen molar-refractivity contribution in [2.75, 3.05) is 15.5 Å². The zero-order chi connectivity index (χ0) is 22.0. The minimum atomic E-state index is -0.475. The van der Waals surface area contributed by atoms with Crippen molar-refractivity contribution < 1.29 is 14.4 Å². The van der Waals surface area contributed by atoms with E-state index in [1.54, 1.807) is 60.7 Å². The van der Waals surface area contributed by atoms with Crippen LogP contribution < -0.4 is 15.5 Å². The van der Waals surface area contributed by atoms with Crippen molar-refractivity contribution in [3.05, 3.63) is 95.1 Å². The summed E-state index contributed by atoms with van der Waals surface area (Å²) in [5, 5.41) is 6.20.